The number of aryl methyl sites for hydroxylation is 1. The number of rotatable bonds is 6. The standard InChI is InChI=1S/C24H26N2O3/c1-15-2-4-16(5-3-15)13-26-14-18-12-20(18)21(26)22(27)25-24(10-11-24)19-8-6-17(7-9-19)23(28)29/h2-9,18,20-21H,10-14H2,1H3,(H,25,27)(H,28,29). The van der Waals surface area contributed by atoms with Gasteiger partial charge in [0.1, 0.15) is 0 Å². The largest absolute Gasteiger partial charge is 0.478 e. The summed E-state index contributed by atoms with van der Waals surface area (Å²) < 4.78 is 0. The van der Waals surface area contributed by atoms with Crippen molar-refractivity contribution in [2.45, 2.75) is 44.3 Å². The number of amides is 1. The number of hydrogen-bond donors (Lipinski definition) is 2. The van der Waals surface area contributed by atoms with Crippen molar-refractivity contribution in [3.8, 4) is 0 Å². The van der Waals surface area contributed by atoms with E-state index in [0.717, 1.165) is 37.9 Å². The van der Waals surface area contributed by atoms with Crippen LogP contribution in [0.25, 0.3) is 0 Å². The molecule has 29 heavy (non-hydrogen) atoms. The molecule has 3 aliphatic rings. The first kappa shape index (κ1) is 18.4. The highest BCUT2D eigenvalue weighted by Gasteiger charge is 2.57. The van der Waals surface area contributed by atoms with Crippen LogP contribution < -0.4 is 5.32 Å². The Bertz CT molecular complexity index is 947. The number of nitrogens with one attached hydrogen (secondary N) is 1. The summed E-state index contributed by atoms with van der Waals surface area (Å²) in [5.74, 6) is 0.330. The fourth-order valence-corrected chi connectivity index (χ4v) is 4.86. The molecular weight excluding hydrogens is 364 g/mol. The van der Waals surface area contributed by atoms with Gasteiger partial charge in [0.05, 0.1) is 17.1 Å². The zero-order chi connectivity index (χ0) is 20.2. The van der Waals surface area contributed by atoms with Crippen LogP contribution >= 0.6 is 0 Å². The van der Waals surface area contributed by atoms with E-state index in [-0.39, 0.29) is 23.1 Å². The van der Waals surface area contributed by atoms with E-state index in [1.54, 1.807) is 12.1 Å². The van der Waals surface area contributed by atoms with E-state index >= 15 is 0 Å². The Hall–Kier alpha value is -2.66. The summed E-state index contributed by atoms with van der Waals surface area (Å²) in [7, 11) is 0. The van der Waals surface area contributed by atoms with Crippen molar-refractivity contribution in [2.75, 3.05) is 6.54 Å². The SMILES string of the molecule is Cc1ccc(CN2CC3CC3C2C(=O)NC2(c3ccc(C(=O)O)cc3)CC2)cc1. The number of aromatic carboxylic acids is 1. The predicted octanol–water partition coefficient (Wildman–Crippen LogP) is 3.32. The Morgan fingerprint density at radius 2 is 1.79 bits per heavy atom. The summed E-state index contributed by atoms with van der Waals surface area (Å²) in [5.41, 5.74) is 3.46. The maximum atomic E-state index is 13.3. The zero-order valence-corrected chi connectivity index (χ0v) is 16.6. The number of carbonyl (C=O) groups excluding carboxylic acids is 1. The van der Waals surface area contributed by atoms with Crippen LogP contribution in [-0.2, 0) is 16.9 Å². The molecule has 2 N–H and O–H groups in total. The van der Waals surface area contributed by atoms with Crippen molar-refractivity contribution >= 4 is 11.9 Å². The van der Waals surface area contributed by atoms with Crippen molar-refractivity contribution in [1.82, 2.24) is 10.2 Å². The van der Waals surface area contributed by atoms with Gasteiger partial charge in [0, 0.05) is 13.1 Å². The lowest BCUT2D eigenvalue weighted by atomic mass is 10.0. The van der Waals surface area contributed by atoms with Crippen LogP contribution in [0.1, 0.15) is 46.3 Å². The third kappa shape index (κ3) is 3.44. The quantitative estimate of drug-likeness (QED) is 0.794. The monoisotopic (exact) mass is 390 g/mol. The van der Waals surface area contributed by atoms with Crippen molar-refractivity contribution < 1.29 is 14.7 Å². The minimum atomic E-state index is -0.928. The molecule has 0 radical (unpaired) electrons. The molecule has 1 saturated heterocycles. The maximum Gasteiger partial charge on any atom is 0.335 e. The fourth-order valence-electron chi connectivity index (χ4n) is 4.86. The maximum absolute atomic E-state index is 13.3. The second kappa shape index (κ2) is 6.70. The molecule has 5 nitrogen and oxygen atoms in total. The third-order valence-corrected chi connectivity index (χ3v) is 6.82. The van der Waals surface area contributed by atoms with E-state index < -0.39 is 5.97 Å². The van der Waals surface area contributed by atoms with Gasteiger partial charge in [0.2, 0.25) is 5.91 Å². The van der Waals surface area contributed by atoms with Gasteiger partial charge in [-0.25, -0.2) is 4.79 Å². The molecule has 1 heterocycles. The minimum Gasteiger partial charge on any atom is -0.478 e. The number of carboxylic acid groups (broad SMARTS) is 1. The van der Waals surface area contributed by atoms with Crippen molar-refractivity contribution in [3.63, 3.8) is 0 Å². The van der Waals surface area contributed by atoms with Gasteiger partial charge < -0.3 is 10.4 Å². The molecule has 2 saturated carbocycles. The van der Waals surface area contributed by atoms with E-state index in [0.29, 0.717) is 11.8 Å². The molecule has 0 aromatic heterocycles. The molecule has 2 aromatic carbocycles. The Morgan fingerprint density at radius 1 is 1.10 bits per heavy atom. The van der Waals surface area contributed by atoms with Gasteiger partial charge in [0.15, 0.2) is 0 Å². The number of fused-ring (bicyclic) bond motifs is 1. The highest BCUT2D eigenvalue weighted by Crippen LogP contribution is 2.51. The highest BCUT2D eigenvalue weighted by atomic mass is 16.4. The molecule has 2 aromatic rings. The predicted molar refractivity (Wildman–Crippen MR) is 109 cm³/mol. The minimum absolute atomic E-state index is 0.0583. The first-order valence-corrected chi connectivity index (χ1v) is 10.4. The number of likely N-dealkylation sites (tertiary alicyclic amines) is 1. The summed E-state index contributed by atoms with van der Waals surface area (Å²) in [6.07, 6.45) is 2.97. The van der Waals surface area contributed by atoms with Crippen LogP contribution in [0.4, 0.5) is 0 Å². The van der Waals surface area contributed by atoms with E-state index in [1.807, 2.05) is 12.1 Å². The van der Waals surface area contributed by atoms with Crippen molar-refractivity contribution in [3.05, 3.63) is 70.8 Å². The molecule has 0 spiro atoms. The summed E-state index contributed by atoms with van der Waals surface area (Å²) in [6.45, 7) is 3.89. The van der Waals surface area contributed by atoms with E-state index in [9.17, 15) is 9.59 Å². The van der Waals surface area contributed by atoms with Crippen LogP contribution in [0.15, 0.2) is 48.5 Å². The first-order valence-electron chi connectivity index (χ1n) is 10.4. The molecule has 3 unspecified atom stereocenters. The number of carbonyl (C=O) groups is 2. The third-order valence-electron chi connectivity index (χ3n) is 6.82. The normalized spacial score (nSPS) is 26.6. The lowest BCUT2D eigenvalue weighted by molar-refractivity contribution is -0.127. The molecule has 3 fully saturated rings. The number of benzene rings is 2. The van der Waals surface area contributed by atoms with Gasteiger partial charge in [-0.3, -0.25) is 9.69 Å². The van der Waals surface area contributed by atoms with Crippen molar-refractivity contribution in [2.24, 2.45) is 11.8 Å². The number of piperidine rings is 1. The van der Waals surface area contributed by atoms with E-state index in [4.69, 9.17) is 5.11 Å². The molecule has 5 rings (SSSR count). The molecule has 2 aliphatic carbocycles. The number of nitrogens with zero attached hydrogens (tertiary/aromatic N) is 1. The summed E-state index contributed by atoms with van der Waals surface area (Å²) in [5, 5.41) is 12.4. The summed E-state index contributed by atoms with van der Waals surface area (Å²) in [6, 6.07) is 15.4. The Balaban J connectivity index is 1.30. The van der Waals surface area contributed by atoms with E-state index in [2.05, 4.69) is 41.4 Å². The second-order valence-electron chi connectivity index (χ2n) is 8.97. The molecule has 5 heteroatoms. The Labute approximate surface area is 170 Å². The number of carboxylic acids is 1. The molecule has 3 atom stereocenters. The molecule has 1 aliphatic heterocycles. The van der Waals surface area contributed by atoms with E-state index in [1.165, 1.54) is 11.1 Å². The second-order valence-corrected chi connectivity index (χ2v) is 8.97. The van der Waals surface area contributed by atoms with Crippen molar-refractivity contribution in [1.29, 1.82) is 0 Å². The van der Waals surface area contributed by atoms with Crippen LogP contribution in [0.2, 0.25) is 0 Å². The van der Waals surface area contributed by atoms with Crippen LogP contribution in [0.5, 0.6) is 0 Å². The van der Waals surface area contributed by atoms with Gasteiger partial charge in [-0.2, -0.15) is 0 Å². The fraction of sp³-hybridized carbons (Fsp3) is 0.417. The number of hydrogen-bond acceptors (Lipinski definition) is 3. The van der Waals surface area contributed by atoms with Gasteiger partial charge in [0.25, 0.3) is 0 Å². The zero-order valence-electron chi connectivity index (χ0n) is 16.6. The van der Waals surface area contributed by atoms with Gasteiger partial charge in [-0.15, -0.1) is 0 Å². The Morgan fingerprint density at radius 3 is 2.41 bits per heavy atom. The summed E-state index contributed by atoms with van der Waals surface area (Å²) >= 11 is 0. The van der Waals surface area contributed by atoms with Crippen LogP contribution in [0.3, 0.4) is 0 Å². The van der Waals surface area contributed by atoms with Gasteiger partial charge in [-0.1, -0.05) is 42.0 Å². The summed E-state index contributed by atoms with van der Waals surface area (Å²) in [4.78, 5) is 26.7. The molecule has 0 bridgehead atoms. The first-order chi connectivity index (χ1) is 13.9. The Kier molecular flexibility index (Phi) is 4.24. The molecule has 150 valence electrons. The lowest BCUT2D eigenvalue weighted by Gasteiger charge is -2.29. The molecular formula is C24H26N2O3. The van der Waals surface area contributed by atoms with Crippen LogP contribution in [0, 0.1) is 18.8 Å². The smallest absolute Gasteiger partial charge is 0.335 e. The van der Waals surface area contributed by atoms with Crippen LogP contribution in [-0.4, -0.2) is 34.5 Å². The topological polar surface area (TPSA) is 69.6 Å². The average molecular weight is 390 g/mol. The lowest BCUT2D eigenvalue weighted by Crippen LogP contribution is -2.48. The highest BCUT2D eigenvalue weighted by molar-refractivity contribution is 5.88. The average Bonchev–Trinajstić information content (AvgIpc) is 3.62. The van der Waals surface area contributed by atoms with Gasteiger partial charge >= 0.3 is 5.97 Å². The molecule has 1 amide bonds. The van der Waals surface area contributed by atoms with Gasteiger partial charge in [-0.05, 0) is 61.3 Å².